The first kappa shape index (κ1) is 31.5. The van der Waals surface area contributed by atoms with Gasteiger partial charge in [-0.3, -0.25) is 9.59 Å². The molecule has 0 aromatic rings. The van der Waals surface area contributed by atoms with Crippen LogP contribution in [0.4, 0.5) is 0 Å². The van der Waals surface area contributed by atoms with E-state index < -0.39 is 0 Å². The summed E-state index contributed by atoms with van der Waals surface area (Å²) in [6.45, 7) is 29.0. The second kappa shape index (κ2) is 13.1. The van der Waals surface area contributed by atoms with Gasteiger partial charge in [0.1, 0.15) is 5.41 Å². The Bertz CT molecular complexity index is 440. The van der Waals surface area contributed by atoms with Crippen molar-refractivity contribution in [3.05, 3.63) is 6.92 Å². The van der Waals surface area contributed by atoms with Crippen LogP contribution in [-0.2, 0) is 19.1 Å². The third-order valence-electron chi connectivity index (χ3n) is 6.05. The monoisotopic (exact) mass is 401 g/mol. The lowest BCUT2D eigenvalue weighted by molar-refractivity contribution is -0.153. The molecule has 4 nitrogen and oxygen atoms in total. The Morgan fingerprint density at radius 3 is 1.21 bits per heavy atom. The number of rotatable bonds is 7. The molecule has 0 heterocycles. The molecule has 0 aliphatic carbocycles. The SMILES string of the molecule is CCC(C)(C)C(=O)OC.CCOC(=O)C(C)(C)CC.[CH2+]C(C)(C)C(C)(C)CC. The molecule has 0 aromatic carbocycles. The largest absolute Gasteiger partial charge is 0.469 e. The molecule has 0 radical (unpaired) electrons. The van der Waals surface area contributed by atoms with Crippen LogP contribution in [0.25, 0.3) is 0 Å². The molecule has 0 unspecified atom stereocenters. The van der Waals surface area contributed by atoms with E-state index in [2.05, 4.69) is 46.3 Å². The van der Waals surface area contributed by atoms with Crippen LogP contribution in [0.15, 0.2) is 0 Å². The van der Waals surface area contributed by atoms with Gasteiger partial charge >= 0.3 is 11.9 Å². The van der Waals surface area contributed by atoms with Crippen molar-refractivity contribution >= 4 is 11.9 Å². The van der Waals surface area contributed by atoms with Crippen LogP contribution in [0.1, 0.15) is 102 Å². The number of hydrogen-bond acceptors (Lipinski definition) is 4. The van der Waals surface area contributed by atoms with E-state index in [0.717, 1.165) is 12.8 Å². The number of carbonyl (C=O) groups is 2. The summed E-state index contributed by atoms with van der Waals surface area (Å²) in [5, 5.41) is 0. The summed E-state index contributed by atoms with van der Waals surface area (Å²) in [4.78, 5) is 21.9. The Morgan fingerprint density at radius 2 is 1.07 bits per heavy atom. The Kier molecular flexibility index (Phi) is 14.8. The van der Waals surface area contributed by atoms with Crippen LogP contribution >= 0.6 is 0 Å². The van der Waals surface area contributed by atoms with E-state index in [1.54, 1.807) is 0 Å². The molecular weight excluding hydrogens is 352 g/mol. The molecule has 0 aliphatic rings. The van der Waals surface area contributed by atoms with Gasteiger partial charge in [-0.15, -0.1) is 0 Å². The topological polar surface area (TPSA) is 52.6 Å². The van der Waals surface area contributed by atoms with Crippen LogP contribution in [0.5, 0.6) is 0 Å². The summed E-state index contributed by atoms with van der Waals surface area (Å²) in [6, 6.07) is 0. The van der Waals surface area contributed by atoms with E-state index in [1.807, 2.05) is 48.5 Å². The minimum absolute atomic E-state index is 0.0995. The van der Waals surface area contributed by atoms with Crippen molar-refractivity contribution in [1.29, 1.82) is 0 Å². The van der Waals surface area contributed by atoms with Gasteiger partial charge in [-0.2, -0.15) is 0 Å². The second-order valence-electron chi connectivity index (χ2n) is 9.81. The molecule has 0 fully saturated rings. The van der Waals surface area contributed by atoms with Gasteiger partial charge in [-0.25, -0.2) is 0 Å². The quantitative estimate of drug-likeness (QED) is 0.345. The number of esters is 2. The number of ether oxygens (including phenoxy) is 2. The minimum Gasteiger partial charge on any atom is -0.469 e. The molecule has 0 bridgehead atoms. The highest BCUT2D eigenvalue weighted by Crippen LogP contribution is 2.39. The van der Waals surface area contributed by atoms with Gasteiger partial charge in [0.2, 0.25) is 0 Å². The van der Waals surface area contributed by atoms with Crippen molar-refractivity contribution in [3.63, 3.8) is 0 Å². The van der Waals surface area contributed by atoms with E-state index in [4.69, 9.17) is 4.74 Å². The summed E-state index contributed by atoms with van der Waals surface area (Å²) in [7, 11) is 1.42. The fourth-order valence-electron chi connectivity index (χ4n) is 1.37. The third-order valence-corrected chi connectivity index (χ3v) is 6.05. The molecule has 0 N–H and O–H groups in total. The van der Waals surface area contributed by atoms with Gasteiger partial charge in [0, 0.05) is 5.41 Å². The molecule has 0 saturated carbocycles. The van der Waals surface area contributed by atoms with Gasteiger partial charge in [0.25, 0.3) is 0 Å². The van der Waals surface area contributed by atoms with Gasteiger partial charge in [0.05, 0.1) is 31.5 Å². The molecule has 0 rings (SSSR count). The maximum Gasteiger partial charge on any atom is 0.311 e. The molecule has 0 aromatic heterocycles. The summed E-state index contributed by atoms with van der Waals surface area (Å²) in [6.07, 6.45) is 2.84. The lowest BCUT2D eigenvalue weighted by atomic mass is 9.68. The zero-order valence-corrected chi connectivity index (χ0v) is 21.2. The Balaban J connectivity index is -0.000000336. The van der Waals surface area contributed by atoms with E-state index in [-0.39, 0.29) is 28.2 Å². The van der Waals surface area contributed by atoms with Crippen molar-refractivity contribution in [2.24, 2.45) is 21.7 Å². The smallest absolute Gasteiger partial charge is 0.311 e. The van der Waals surface area contributed by atoms with E-state index in [9.17, 15) is 9.59 Å². The number of carbonyl (C=O) groups excluding carboxylic acids is 2. The average molecular weight is 402 g/mol. The maximum absolute atomic E-state index is 11.1. The predicted octanol–water partition coefficient (Wildman–Crippen LogP) is 6.86. The van der Waals surface area contributed by atoms with Crippen molar-refractivity contribution in [1.82, 2.24) is 0 Å². The fraction of sp³-hybridized carbons (Fsp3) is 0.875. The van der Waals surface area contributed by atoms with Crippen molar-refractivity contribution in [2.75, 3.05) is 13.7 Å². The molecule has 168 valence electrons. The van der Waals surface area contributed by atoms with Crippen molar-refractivity contribution in [2.45, 2.75) is 102 Å². The summed E-state index contributed by atoms with van der Waals surface area (Å²) >= 11 is 0. The van der Waals surface area contributed by atoms with Gasteiger partial charge in [-0.1, -0.05) is 34.6 Å². The van der Waals surface area contributed by atoms with E-state index in [1.165, 1.54) is 13.5 Å². The van der Waals surface area contributed by atoms with Crippen molar-refractivity contribution < 1.29 is 19.1 Å². The van der Waals surface area contributed by atoms with Crippen LogP contribution in [0, 0.1) is 28.6 Å². The van der Waals surface area contributed by atoms with E-state index >= 15 is 0 Å². The highest BCUT2D eigenvalue weighted by molar-refractivity contribution is 5.76. The van der Waals surface area contributed by atoms with Gasteiger partial charge in [0.15, 0.2) is 0 Å². The molecule has 0 aliphatic heterocycles. The van der Waals surface area contributed by atoms with Crippen LogP contribution < -0.4 is 0 Å². The predicted molar refractivity (Wildman–Crippen MR) is 120 cm³/mol. The Morgan fingerprint density at radius 1 is 0.714 bits per heavy atom. The van der Waals surface area contributed by atoms with Crippen LogP contribution in [0.3, 0.4) is 0 Å². The molecule has 28 heavy (non-hydrogen) atoms. The zero-order valence-electron chi connectivity index (χ0n) is 21.2. The Labute approximate surface area is 176 Å². The highest BCUT2D eigenvalue weighted by atomic mass is 16.5. The van der Waals surface area contributed by atoms with Crippen molar-refractivity contribution in [3.8, 4) is 0 Å². The molecule has 0 saturated heterocycles. The lowest BCUT2D eigenvalue weighted by Gasteiger charge is -2.31. The molecular formula is C24H49O4+. The summed E-state index contributed by atoms with van der Waals surface area (Å²) in [5.74, 6) is -0.234. The second-order valence-corrected chi connectivity index (χ2v) is 9.81. The highest BCUT2D eigenvalue weighted by Gasteiger charge is 2.37. The number of hydrogen-bond donors (Lipinski definition) is 0. The fourth-order valence-corrected chi connectivity index (χ4v) is 1.37. The van der Waals surface area contributed by atoms with Gasteiger partial charge < -0.3 is 9.47 Å². The first-order valence-corrected chi connectivity index (χ1v) is 10.5. The summed E-state index contributed by atoms with van der Waals surface area (Å²) < 4.78 is 9.43. The normalized spacial score (nSPS) is 12.0. The number of methoxy groups -OCH3 is 1. The standard InChI is InChI=1S/C9H19.C8H16O2.C7H14O2/c1-7-9(5,6)8(2,3)4;1-5-8(3,4)7(9)10-6-2;1-5-7(2,3)6(8)9-4/h2,7H2,1,3-6H3;5-6H2,1-4H3;5H2,1-4H3/q+1;;. The average Bonchev–Trinajstić information content (AvgIpc) is 2.61. The molecule has 0 atom stereocenters. The molecule has 0 spiro atoms. The zero-order chi connectivity index (χ0) is 23.4. The lowest BCUT2D eigenvalue weighted by Crippen LogP contribution is -2.28. The maximum atomic E-state index is 11.1. The van der Waals surface area contributed by atoms with Crippen LogP contribution in [0.2, 0.25) is 0 Å². The first-order valence-electron chi connectivity index (χ1n) is 10.5. The van der Waals surface area contributed by atoms with Crippen LogP contribution in [-0.4, -0.2) is 25.7 Å². The molecule has 4 heteroatoms. The van der Waals surface area contributed by atoms with Gasteiger partial charge in [-0.05, 0) is 67.7 Å². The van der Waals surface area contributed by atoms with E-state index in [0.29, 0.717) is 12.0 Å². The minimum atomic E-state index is -0.311. The first-order chi connectivity index (χ1) is 12.4. The third kappa shape index (κ3) is 12.3. The summed E-state index contributed by atoms with van der Waals surface area (Å²) in [5.41, 5.74) is -0.0560. The Hall–Kier alpha value is -1.19. The molecule has 0 amide bonds.